The monoisotopic (exact) mass is 218 g/mol. The van der Waals surface area contributed by atoms with Gasteiger partial charge in [0.15, 0.2) is 0 Å². The zero-order valence-electron chi connectivity index (χ0n) is 9.27. The van der Waals surface area contributed by atoms with Gasteiger partial charge in [0.25, 0.3) is 0 Å². The number of rotatable bonds is 4. The molecular formula is C10H22N2OS. The van der Waals surface area contributed by atoms with E-state index in [4.69, 9.17) is 0 Å². The molecular weight excluding hydrogens is 196 g/mol. The molecule has 0 radical (unpaired) electrons. The van der Waals surface area contributed by atoms with E-state index >= 15 is 0 Å². The van der Waals surface area contributed by atoms with Crippen molar-refractivity contribution in [2.45, 2.75) is 38.2 Å². The largest absolute Gasteiger partial charge is 0.396 e. The standard InChI is InChI=1S/C10H22N2OS/c1-7(2)11-10-5-12(8(3)14)4-9(10)6-13/h7-11,13-14H,4-6H2,1-3H3. The van der Waals surface area contributed by atoms with E-state index in [2.05, 4.69) is 43.6 Å². The average molecular weight is 218 g/mol. The summed E-state index contributed by atoms with van der Waals surface area (Å²) in [7, 11) is 0. The Labute approximate surface area is 92.3 Å². The molecule has 0 aliphatic carbocycles. The van der Waals surface area contributed by atoms with E-state index in [1.54, 1.807) is 0 Å². The summed E-state index contributed by atoms with van der Waals surface area (Å²) < 4.78 is 0. The van der Waals surface area contributed by atoms with Crippen molar-refractivity contribution in [3.63, 3.8) is 0 Å². The van der Waals surface area contributed by atoms with Crippen LogP contribution in [0.5, 0.6) is 0 Å². The van der Waals surface area contributed by atoms with Gasteiger partial charge in [0, 0.05) is 43.1 Å². The van der Waals surface area contributed by atoms with Crippen LogP contribution in [0.15, 0.2) is 0 Å². The third kappa shape index (κ3) is 3.12. The van der Waals surface area contributed by atoms with Gasteiger partial charge in [-0.1, -0.05) is 13.8 Å². The van der Waals surface area contributed by atoms with Crippen LogP contribution in [0.4, 0.5) is 0 Å². The minimum atomic E-state index is 0.265. The third-order valence-corrected chi connectivity index (χ3v) is 3.11. The summed E-state index contributed by atoms with van der Waals surface area (Å²) in [5.41, 5.74) is 0. The first-order valence-corrected chi connectivity index (χ1v) is 5.85. The lowest BCUT2D eigenvalue weighted by atomic mass is 10.0. The van der Waals surface area contributed by atoms with Gasteiger partial charge in [-0.25, -0.2) is 0 Å². The third-order valence-electron chi connectivity index (χ3n) is 2.78. The average Bonchev–Trinajstić information content (AvgIpc) is 2.46. The smallest absolute Gasteiger partial charge is 0.0500 e. The number of nitrogens with one attached hydrogen (secondary N) is 1. The summed E-state index contributed by atoms with van der Waals surface area (Å²) in [4.78, 5) is 2.30. The fraction of sp³-hybridized carbons (Fsp3) is 1.00. The SMILES string of the molecule is CC(C)NC1CN(C(C)S)CC1CO. The highest BCUT2D eigenvalue weighted by Crippen LogP contribution is 2.20. The number of thiol groups is 1. The number of aliphatic hydroxyl groups excluding tert-OH is 1. The van der Waals surface area contributed by atoms with Crippen molar-refractivity contribution in [3.8, 4) is 0 Å². The van der Waals surface area contributed by atoms with Crippen LogP contribution in [-0.2, 0) is 0 Å². The van der Waals surface area contributed by atoms with Gasteiger partial charge in [0.05, 0.1) is 0 Å². The fourth-order valence-corrected chi connectivity index (χ4v) is 2.20. The summed E-state index contributed by atoms with van der Waals surface area (Å²) in [6.45, 7) is 8.57. The van der Waals surface area contributed by atoms with Gasteiger partial charge in [-0.05, 0) is 6.92 Å². The highest BCUT2D eigenvalue weighted by atomic mass is 32.1. The first kappa shape index (κ1) is 12.3. The van der Waals surface area contributed by atoms with Crippen LogP contribution < -0.4 is 5.32 Å². The van der Waals surface area contributed by atoms with E-state index in [1.807, 2.05) is 0 Å². The van der Waals surface area contributed by atoms with Crippen molar-refractivity contribution in [1.82, 2.24) is 10.2 Å². The molecule has 0 saturated carbocycles. The molecule has 1 heterocycles. The maximum absolute atomic E-state index is 9.26. The summed E-state index contributed by atoms with van der Waals surface area (Å²) >= 11 is 4.42. The van der Waals surface area contributed by atoms with Crippen molar-refractivity contribution < 1.29 is 5.11 Å². The zero-order valence-corrected chi connectivity index (χ0v) is 10.2. The second kappa shape index (κ2) is 5.35. The number of likely N-dealkylation sites (tertiary alicyclic amines) is 1. The lowest BCUT2D eigenvalue weighted by Gasteiger charge is -2.21. The Kier molecular flexibility index (Phi) is 4.70. The summed E-state index contributed by atoms with van der Waals surface area (Å²) in [5.74, 6) is 0.354. The predicted molar refractivity (Wildman–Crippen MR) is 62.7 cm³/mol. The Morgan fingerprint density at radius 3 is 2.50 bits per heavy atom. The first-order chi connectivity index (χ1) is 6.54. The molecule has 14 heavy (non-hydrogen) atoms. The summed E-state index contributed by atoms with van der Waals surface area (Å²) in [6, 6.07) is 0.888. The second-order valence-corrected chi connectivity index (χ2v) is 5.20. The van der Waals surface area contributed by atoms with Crippen LogP contribution in [-0.4, -0.2) is 47.2 Å². The van der Waals surface area contributed by atoms with Gasteiger partial charge < -0.3 is 10.4 Å². The van der Waals surface area contributed by atoms with Crippen LogP contribution in [0.3, 0.4) is 0 Å². The van der Waals surface area contributed by atoms with Crippen molar-refractivity contribution in [2.24, 2.45) is 5.92 Å². The Bertz CT molecular complexity index is 176. The minimum Gasteiger partial charge on any atom is -0.396 e. The quantitative estimate of drug-likeness (QED) is 0.603. The molecule has 0 amide bonds. The molecule has 1 rings (SSSR count). The molecule has 0 aromatic heterocycles. The normalized spacial score (nSPS) is 31.3. The topological polar surface area (TPSA) is 35.5 Å². The molecule has 0 spiro atoms. The van der Waals surface area contributed by atoms with Crippen LogP contribution >= 0.6 is 12.6 Å². The van der Waals surface area contributed by atoms with Gasteiger partial charge in [-0.2, -0.15) is 12.6 Å². The van der Waals surface area contributed by atoms with Gasteiger partial charge in [0.1, 0.15) is 0 Å². The molecule has 1 saturated heterocycles. The Morgan fingerprint density at radius 1 is 1.43 bits per heavy atom. The highest BCUT2D eigenvalue weighted by Gasteiger charge is 2.33. The number of hydrogen-bond donors (Lipinski definition) is 3. The van der Waals surface area contributed by atoms with Gasteiger partial charge >= 0.3 is 0 Å². The van der Waals surface area contributed by atoms with E-state index < -0.39 is 0 Å². The van der Waals surface area contributed by atoms with Crippen LogP contribution in [0, 0.1) is 5.92 Å². The van der Waals surface area contributed by atoms with E-state index in [0.29, 0.717) is 18.0 Å². The molecule has 1 fully saturated rings. The molecule has 2 N–H and O–H groups in total. The molecule has 3 unspecified atom stereocenters. The molecule has 1 aliphatic heterocycles. The molecule has 3 atom stereocenters. The molecule has 84 valence electrons. The Hall–Kier alpha value is 0.230. The lowest BCUT2D eigenvalue weighted by molar-refractivity contribution is 0.205. The Balaban J connectivity index is 2.49. The van der Waals surface area contributed by atoms with Gasteiger partial charge in [-0.15, -0.1) is 0 Å². The van der Waals surface area contributed by atoms with Crippen molar-refractivity contribution in [2.75, 3.05) is 19.7 Å². The van der Waals surface area contributed by atoms with Crippen molar-refractivity contribution in [3.05, 3.63) is 0 Å². The number of aliphatic hydroxyl groups is 1. The van der Waals surface area contributed by atoms with Gasteiger partial charge in [-0.3, -0.25) is 4.90 Å². The molecule has 0 aromatic rings. The summed E-state index contributed by atoms with van der Waals surface area (Å²) in [6.07, 6.45) is 0. The van der Waals surface area contributed by atoms with Gasteiger partial charge in [0.2, 0.25) is 0 Å². The van der Waals surface area contributed by atoms with E-state index in [0.717, 1.165) is 13.1 Å². The van der Waals surface area contributed by atoms with Crippen LogP contribution in [0.2, 0.25) is 0 Å². The summed E-state index contributed by atoms with van der Waals surface area (Å²) in [5, 5.41) is 13.0. The first-order valence-electron chi connectivity index (χ1n) is 5.33. The maximum atomic E-state index is 9.26. The molecule has 0 aromatic carbocycles. The highest BCUT2D eigenvalue weighted by molar-refractivity contribution is 7.80. The van der Waals surface area contributed by atoms with Crippen molar-refractivity contribution >= 4 is 12.6 Å². The molecule has 0 bridgehead atoms. The van der Waals surface area contributed by atoms with E-state index in [1.165, 1.54) is 0 Å². The van der Waals surface area contributed by atoms with E-state index in [-0.39, 0.29) is 12.0 Å². The zero-order chi connectivity index (χ0) is 10.7. The Morgan fingerprint density at radius 2 is 2.07 bits per heavy atom. The van der Waals surface area contributed by atoms with Crippen molar-refractivity contribution in [1.29, 1.82) is 0 Å². The molecule has 4 heteroatoms. The predicted octanol–water partition coefficient (Wildman–Crippen LogP) is 0.553. The van der Waals surface area contributed by atoms with Crippen LogP contribution in [0.25, 0.3) is 0 Å². The number of hydrogen-bond acceptors (Lipinski definition) is 4. The maximum Gasteiger partial charge on any atom is 0.0500 e. The number of nitrogens with zero attached hydrogens (tertiary/aromatic N) is 1. The molecule has 1 aliphatic rings. The van der Waals surface area contributed by atoms with Crippen LogP contribution in [0.1, 0.15) is 20.8 Å². The molecule has 3 nitrogen and oxygen atoms in total. The fourth-order valence-electron chi connectivity index (χ4n) is 2.01. The minimum absolute atomic E-state index is 0.265. The lowest BCUT2D eigenvalue weighted by Crippen LogP contribution is -2.41. The van der Waals surface area contributed by atoms with E-state index in [9.17, 15) is 5.11 Å². The second-order valence-electron chi connectivity index (χ2n) is 4.46.